The Labute approximate surface area is 137 Å². The van der Waals surface area contributed by atoms with Gasteiger partial charge in [-0.2, -0.15) is 0 Å². The number of amides is 1. The number of nitro groups is 1. The minimum absolute atomic E-state index is 0.105. The van der Waals surface area contributed by atoms with E-state index in [4.69, 9.17) is 4.42 Å². The first kappa shape index (κ1) is 16.2. The Hall–Kier alpha value is -2.64. The molecule has 1 N–H and O–H groups in total. The fraction of sp³-hybridized carbons (Fsp3) is 0.500. The van der Waals surface area contributed by atoms with Crippen LogP contribution in [0.5, 0.6) is 0 Å². The summed E-state index contributed by atoms with van der Waals surface area (Å²) in [5, 5.41) is 13.7. The van der Waals surface area contributed by atoms with E-state index in [2.05, 4.69) is 12.2 Å². The third-order valence-corrected chi connectivity index (χ3v) is 4.55. The number of hydrogen-bond donors (Lipinski definition) is 1. The van der Waals surface area contributed by atoms with Gasteiger partial charge in [0.2, 0.25) is 5.91 Å². The van der Waals surface area contributed by atoms with Gasteiger partial charge >= 0.3 is 5.76 Å². The lowest BCUT2D eigenvalue weighted by Gasteiger charge is -2.26. The molecule has 0 spiro atoms. The maximum absolute atomic E-state index is 12.2. The van der Waals surface area contributed by atoms with Gasteiger partial charge in [-0.1, -0.05) is 6.92 Å². The third kappa shape index (κ3) is 3.32. The lowest BCUT2D eigenvalue weighted by molar-refractivity contribution is -0.384. The minimum Gasteiger partial charge on any atom is -0.407 e. The quantitative estimate of drug-likeness (QED) is 0.681. The number of non-ortho nitro benzene ring substituents is 1. The summed E-state index contributed by atoms with van der Waals surface area (Å²) in [6.45, 7) is 2.05. The van der Waals surface area contributed by atoms with Crippen molar-refractivity contribution in [3.8, 4) is 0 Å². The second kappa shape index (κ2) is 6.46. The van der Waals surface area contributed by atoms with Crippen LogP contribution in [0, 0.1) is 16.0 Å². The Balaban J connectivity index is 1.75. The molecule has 1 fully saturated rings. The number of nitrogens with one attached hydrogen (secondary N) is 1. The topological polar surface area (TPSA) is 107 Å². The van der Waals surface area contributed by atoms with Gasteiger partial charge in [0, 0.05) is 12.1 Å². The van der Waals surface area contributed by atoms with Crippen molar-refractivity contribution >= 4 is 22.7 Å². The first-order chi connectivity index (χ1) is 11.4. The molecule has 8 nitrogen and oxygen atoms in total. The molecule has 1 heterocycles. The first-order valence-electron chi connectivity index (χ1n) is 8.01. The summed E-state index contributed by atoms with van der Waals surface area (Å²) in [5.74, 6) is -0.259. The monoisotopic (exact) mass is 333 g/mol. The van der Waals surface area contributed by atoms with Crippen LogP contribution in [-0.2, 0) is 11.3 Å². The number of nitro benzene ring substituents is 1. The number of carbonyl (C=O) groups excluding carboxylic acids is 1. The van der Waals surface area contributed by atoms with Crippen LogP contribution in [0.2, 0.25) is 0 Å². The highest BCUT2D eigenvalue weighted by atomic mass is 16.6. The van der Waals surface area contributed by atoms with Crippen molar-refractivity contribution in [2.75, 3.05) is 0 Å². The Bertz CT molecular complexity index is 830. The van der Waals surface area contributed by atoms with Crippen LogP contribution in [-0.4, -0.2) is 21.4 Å². The summed E-state index contributed by atoms with van der Waals surface area (Å²) in [6, 6.07) is 4.04. The Morgan fingerprint density at radius 2 is 2.08 bits per heavy atom. The molecule has 0 atom stereocenters. The number of fused-ring (bicyclic) bond motifs is 1. The number of carbonyl (C=O) groups is 1. The molecule has 0 aliphatic heterocycles. The van der Waals surface area contributed by atoms with Crippen LogP contribution in [0.15, 0.2) is 27.4 Å². The second-order valence-corrected chi connectivity index (χ2v) is 6.39. The van der Waals surface area contributed by atoms with Gasteiger partial charge in [0.1, 0.15) is 6.54 Å². The van der Waals surface area contributed by atoms with E-state index in [1.165, 1.54) is 22.8 Å². The van der Waals surface area contributed by atoms with Crippen molar-refractivity contribution < 1.29 is 14.1 Å². The average Bonchev–Trinajstić information content (AvgIpc) is 2.84. The first-order valence-corrected chi connectivity index (χ1v) is 8.01. The van der Waals surface area contributed by atoms with Gasteiger partial charge in [-0.25, -0.2) is 4.79 Å². The zero-order chi connectivity index (χ0) is 17.3. The highest BCUT2D eigenvalue weighted by molar-refractivity contribution is 5.80. The maximum atomic E-state index is 12.2. The van der Waals surface area contributed by atoms with E-state index in [-0.39, 0.29) is 29.8 Å². The summed E-state index contributed by atoms with van der Waals surface area (Å²) < 4.78 is 6.21. The van der Waals surface area contributed by atoms with Crippen molar-refractivity contribution in [1.29, 1.82) is 0 Å². The van der Waals surface area contributed by atoms with E-state index < -0.39 is 10.7 Å². The van der Waals surface area contributed by atoms with Gasteiger partial charge in [-0.15, -0.1) is 0 Å². The van der Waals surface area contributed by atoms with E-state index in [1.54, 1.807) is 0 Å². The predicted octanol–water partition coefficient (Wildman–Crippen LogP) is 2.20. The van der Waals surface area contributed by atoms with Gasteiger partial charge < -0.3 is 9.73 Å². The third-order valence-electron chi connectivity index (χ3n) is 4.55. The zero-order valence-electron chi connectivity index (χ0n) is 13.4. The van der Waals surface area contributed by atoms with Gasteiger partial charge in [-0.3, -0.25) is 19.5 Å². The highest BCUT2D eigenvalue weighted by Crippen LogP contribution is 2.23. The summed E-state index contributed by atoms with van der Waals surface area (Å²) >= 11 is 0. The normalized spacial score (nSPS) is 20.9. The number of rotatable bonds is 4. The van der Waals surface area contributed by atoms with Crippen LogP contribution in [0.4, 0.5) is 5.69 Å². The molecular weight excluding hydrogens is 314 g/mol. The largest absolute Gasteiger partial charge is 0.420 e. The van der Waals surface area contributed by atoms with E-state index in [9.17, 15) is 19.7 Å². The number of hydrogen-bond acceptors (Lipinski definition) is 5. The summed E-state index contributed by atoms with van der Waals surface area (Å²) in [6.07, 6.45) is 4.06. The van der Waals surface area contributed by atoms with Gasteiger partial charge in [0.25, 0.3) is 5.69 Å². The predicted molar refractivity (Wildman–Crippen MR) is 86.7 cm³/mol. The van der Waals surface area contributed by atoms with Crippen LogP contribution < -0.4 is 11.1 Å². The molecule has 128 valence electrons. The average molecular weight is 333 g/mol. The molecule has 1 amide bonds. The molecule has 1 aliphatic carbocycles. The molecule has 0 saturated heterocycles. The van der Waals surface area contributed by atoms with Gasteiger partial charge in [0.05, 0.1) is 16.5 Å². The molecule has 8 heteroatoms. The molecule has 0 radical (unpaired) electrons. The molecule has 1 aliphatic rings. The Morgan fingerprint density at radius 3 is 2.75 bits per heavy atom. The molecule has 0 unspecified atom stereocenters. The molecule has 0 bridgehead atoms. The zero-order valence-corrected chi connectivity index (χ0v) is 13.4. The summed E-state index contributed by atoms with van der Waals surface area (Å²) in [7, 11) is 0. The molecule has 1 aromatic heterocycles. The van der Waals surface area contributed by atoms with E-state index >= 15 is 0 Å². The van der Waals surface area contributed by atoms with Crippen molar-refractivity contribution in [1.82, 2.24) is 9.88 Å². The van der Waals surface area contributed by atoms with Crippen molar-refractivity contribution in [2.24, 2.45) is 5.92 Å². The SMILES string of the molecule is CC1CCC(NC(=O)Cn2c(=O)oc3cc([N+](=O)[O-])ccc32)CC1. The van der Waals surface area contributed by atoms with E-state index in [0.29, 0.717) is 11.4 Å². The number of nitrogens with zero attached hydrogens (tertiary/aromatic N) is 2. The molecule has 3 rings (SSSR count). The fourth-order valence-electron chi connectivity index (χ4n) is 3.14. The summed E-state index contributed by atoms with van der Waals surface area (Å²) in [4.78, 5) is 34.4. The summed E-state index contributed by atoms with van der Waals surface area (Å²) in [5.41, 5.74) is 0.315. The van der Waals surface area contributed by atoms with Gasteiger partial charge in [0.15, 0.2) is 5.58 Å². The molecular formula is C16H19N3O5. The molecule has 2 aromatic rings. The van der Waals surface area contributed by atoms with Gasteiger partial charge in [-0.05, 0) is 37.7 Å². The highest BCUT2D eigenvalue weighted by Gasteiger charge is 2.21. The van der Waals surface area contributed by atoms with Crippen LogP contribution in [0.25, 0.3) is 11.1 Å². The van der Waals surface area contributed by atoms with Crippen molar-refractivity contribution in [2.45, 2.75) is 45.2 Å². The number of benzene rings is 1. The van der Waals surface area contributed by atoms with E-state index in [1.807, 2.05) is 0 Å². The number of oxazole rings is 1. The van der Waals surface area contributed by atoms with Crippen molar-refractivity contribution in [3.63, 3.8) is 0 Å². The standard InChI is InChI=1S/C16H19N3O5/c1-10-2-4-11(5-3-10)17-15(20)9-18-13-7-6-12(19(22)23)8-14(13)24-16(18)21/h6-8,10-11H,2-5,9H2,1H3,(H,17,20). The van der Waals surface area contributed by atoms with Crippen LogP contribution >= 0.6 is 0 Å². The maximum Gasteiger partial charge on any atom is 0.420 e. The smallest absolute Gasteiger partial charge is 0.407 e. The molecule has 1 aromatic carbocycles. The minimum atomic E-state index is -0.696. The fourth-order valence-corrected chi connectivity index (χ4v) is 3.14. The number of aromatic nitrogens is 1. The second-order valence-electron chi connectivity index (χ2n) is 6.39. The lowest BCUT2D eigenvalue weighted by Crippen LogP contribution is -2.40. The van der Waals surface area contributed by atoms with Crippen LogP contribution in [0.3, 0.4) is 0 Å². The Morgan fingerprint density at radius 1 is 1.38 bits per heavy atom. The Kier molecular flexibility index (Phi) is 4.37. The van der Waals surface area contributed by atoms with E-state index in [0.717, 1.165) is 25.7 Å². The molecule has 1 saturated carbocycles. The molecule has 24 heavy (non-hydrogen) atoms. The lowest BCUT2D eigenvalue weighted by atomic mass is 9.87. The van der Waals surface area contributed by atoms with Crippen LogP contribution in [0.1, 0.15) is 32.6 Å². The van der Waals surface area contributed by atoms with Crippen molar-refractivity contribution in [3.05, 3.63) is 38.9 Å².